The van der Waals surface area contributed by atoms with Gasteiger partial charge in [0.2, 0.25) is 0 Å². The Kier molecular flexibility index (Phi) is 2.50. The molecular formula is C9H10F3N. The minimum Gasteiger partial charge on any atom is -0.398 e. The third-order valence-electron chi connectivity index (χ3n) is 1.81. The van der Waals surface area contributed by atoms with Gasteiger partial charge in [0.15, 0.2) is 0 Å². The van der Waals surface area contributed by atoms with Crippen LogP contribution in [0.5, 0.6) is 0 Å². The zero-order valence-corrected chi connectivity index (χ0v) is 7.15. The first-order chi connectivity index (χ1) is 5.90. The van der Waals surface area contributed by atoms with Crippen LogP contribution >= 0.6 is 0 Å². The predicted molar refractivity (Wildman–Crippen MR) is 45.4 cm³/mol. The molecule has 0 radical (unpaired) electrons. The smallest absolute Gasteiger partial charge is 0.393 e. The van der Waals surface area contributed by atoms with Gasteiger partial charge in [-0.3, -0.25) is 0 Å². The van der Waals surface area contributed by atoms with Crippen LogP contribution in [0.4, 0.5) is 18.9 Å². The standard InChI is InChI=1S/C9H10F3N/c1-6-3-2-4-7(8(6)13)5-9(10,11)12/h2-4H,5,13H2,1H3. The van der Waals surface area contributed by atoms with E-state index in [2.05, 4.69) is 0 Å². The Morgan fingerprint density at radius 3 is 2.46 bits per heavy atom. The molecule has 1 aromatic rings. The van der Waals surface area contributed by atoms with E-state index in [0.29, 0.717) is 5.56 Å². The van der Waals surface area contributed by atoms with Gasteiger partial charge in [-0.15, -0.1) is 0 Å². The lowest BCUT2D eigenvalue weighted by molar-refractivity contribution is -0.127. The maximum absolute atomic E-state index is 12.0. The topological polar surface area (TPSA) is 26.0 Å². The van der Waals surface area contributed by atoms with Crippen molar-refractivity contribution in [2.75, 3.05) is 5.73 Å². The number of hydrogen-bond acceptors (Lipinski definition) is 1. The number of para-hydroxylation sites is 1. The van der Waals surface area contributed by atoms with E-state index in [1.54, 1.807) is 19.1 Å². The summed E-state index contributed by atoms with van der Waals surface area (Å²) in [6.45, 7) is 1.69. The second kappa shape index (κ2) is 3.28. The molecule has 0 amide bonds. The summed E-state index contributed by atoms with van der Waals surface area (Å²) < 4.78 is 36.0. The molecule has 13 heavy (non-hydrogen) atoms. The quantitative estimate of drug-likeness (QED) is 0.675. The van der Waals surface area contributed by atoms with Crippen LogP contribution in [-0.4, -0.2) is 6.18 Å². The summed E-state index contributed by atoms with van der Waals surface area (Å²) >= 11 is 0. The van der Waals surface area contributed by atoms with Crippen molar-refractivity contribution in [1.29, 1.82) is 0 Å². The number of nitrogen functional groups attached to an aromatic ring is 1. The molecule has 0 heterocycles. The lowest BCUT2D eigenvalue weighted by Crippen LogP contribution is -2.13. The molecule has 0 saturated carbocycles. The van der Waals surface area contributed by atoms with E-state index in [1.807, 2.05) is 0 Å². The first-order valence-electron chi connectivity index (χ1n) is 3.81. The van der Waals surface area contributed by atoms with E-state index >= 15 is 0 Å². The Morgan fingerprint density at radius 1 is 1.31 bits per heavy atom. The number of hydrogen-bond donors (Lipinski definition) is 1. The maximum atomic E-state index is 12.0. The van der Waals surface area contributed by atoms with Crippen molar-refractivity contribution in [2.45, 2.75) is 19.5 Å². The molecule has 72 valence electrons. The van der Waals surface area contributed by atoms with Gasteiger partial charge in [-0.05, 0) is 18.1 Å². The predicted octanol–water partition coefficient (Wildman–Crippen LogP) is 2.68. The summed E-state index contributed by atoms with van der Waals surface area (Å²) in [6, 6.07) is 4.66. The number of rotatable bonds is 1. The van der Waals surface area contributed by atoms with E-state index in [1.165, 1.54) is 6.07 Å². The maximum Gasteiger partial charge on any atom is 0.393 e. The van der Waals surface area contributed by atoms with E-state index in [0.717, 1.165) is 0 Å². The fourth-order valence-corrected chi connectivity index (χ4v) is 1.11. The van der Waals surface area contributed by atoms with Gasteiger partial charge in [-0.2, -0.15) is 13.2 Å². The number of nitrogens with two attached hydrogens (primary N) is 1. The molecule has 1 aromatic carbocycles. The summed E-state index contributed by atoms with van der Waals surface area (Å²) in [7, 11) is 0. The molecule has 4 heteroatoms. The minimum atomic E-state index is -4.19. The van der Waals surface area contributed by atoms with E-state index in [9.17, 15) is 13.2 Å². The fourth-order valence-electron chi connectivity index (χ4n) is 1.11. The van der Waals surface area contributed by atoms with Crippen LogP contribution in [0, 0.1) is 6.92 Å². The molecule has 0 bridgehead atoms. The molecule has 1 rings (SSSR count). The Bertz CT molecular complexity index is 304. The highest BCUT2D eigenvalue weighted by Gasteiger charge is 2.28. The van der Waals surface area contributed by atoms with Crippen LogP contribution in [0.15, 0.2) is 18.2 Å². The van der Waals surface area contributed by atoms with Gasteiger partial charge in [-0.25, -0.2) is 0 Å². The van der Waals surface area contributed by atoms with Crippen molar-refractivity contribution in [3.05, 3.63) is 29.3 Å². The van der Waals surface area contributed by atoms with Gasteiger partial charge in [0.05, 0.1) is 6.42 Å². The molecule has 0 atom stereocenters. The van der Waals surface area contributed by atoms with Gasteiger partial charge < -0.3 is 5.73 Å². The van der Waals surface area contributed by atoms with Crippen LogP contribution in [-0.2, 0) is 6.42 Å². The highest BCUT2D eigenvalue weighted by molar-refractivity contribution is 5.53. The molecule has 0 unspecified atom stereocenters. The van der Waals surface area contributed by atoms with Gasteiger partial charge in [-0.1, -0.05) is 18.2 Å². The molecule has 0 aliphatic heterocycles. The van der Waals surface area contributed by atoms with Gasteiger partial charge >= 0.3 is 6.18 Å². The number of aryl methyl sites for hydroxylation is 1. The second-order valence-corrected chi connectivity index (χ2v) is 2.94. The SMILES string of the molecule is Cc1cccc(CC(F)(F)F)c1N. The van der Waals surface area contributed by atoms with Crippen molar-refractivity contribution in [1.82, 2.24) is 0 Å². The molecule has 0 aromatic heterocycles. The third kappa shape index (κ3) is 2.65. The summed E-state index contributed by atoms with van der Waals surface area (Å²) in [6.07, 6.45) is -5.15. The number of anilines is 1. The number of alkyl halides is 3. The largest absolute Gasteiger partial charge is 0.398 e. The van der Waals surface area contributed by atoms with E-state index < -0.39 is 12.6 Å². The van der Waals surface area contributed by atoms with Gasteiger partial charge in [0.1, 0.15) is 0 Å². The molecular weight excluding hydrogens is 179 g/mol. The molecule has 0 aliphatic carbocycles. The van der Waals surface area contributed by atoms with Crippen LogP contribution in [0.3, 0.4) is 0 Å². The van der Waals surface area contributed by atoms with E-state index in [-0.39, 0.29) is 11.3 Å². The van der Waals surface area contributed by atoms with Crippen molar-refractivity contribution in [3.63, 3.8) is 0 Å². The highest BCUT2D eigenvalue weighted by atomic mass is 19.4. The molecule has 1 nitrogen and oxygen atoms in total. The van der Waals surface area contributed by atoms with Crippen LogP contribution in [0.2, 0.25) is 0 Å². The summed E-state index contributed by atoms with van der Waals surface area (Å²) in [5, 5.41) is 0. The van der Waals surface area contributed by atoms with Crippen molar-refractivity contribution in [3.8, 4) is 0 Å². The molecule has 0 spiro atoms. The van der Waals surface area contributed by atoms with E-state index in [4.69, 9.17) is 5.73 Å². The van der Waals surface area contributed by atoms with Crippen molar-refractivity contribution < 1.29 is 13.2 Å². The molecule has 0 saturated heterocycles. The number of benzene rings is 1. The average Bonchev–Trinajstić information content (AvgIpc) is 1.96. The van der Waals surface area contributed by atoms with Crippen LogP contribution in [0.1, 0.15) is 11.1 Å². The van der Waals surface area contributed by atoms with Gasteiger partial charge in [0, 0.05) is 5.69 Å². The molecule has 2 N–H and O–H groups in total. The lowest BCUT2D eigenvalue weighted by Gasteiger charge is -2.10. The number of halogens is 3. The monoisotopic (exact) mass is 189 g/mol. The van der Waals surface area contributed by atoms with Crippen LogP contribution in [0.25, 0.3) is 0 Å². The zero-order valence-electron chi connectivity index (χ0n) is 7.15. The van der Waals surface area contributed by atoms with Crippen molar-refractivity contribution in [2.24, 2.45) is 0 Å². The highest BCUT2D eigenvalue weighted by Crippen LogP contribution is 2.26. The van der Waals surface area contributed by atoms with Gasteiger partial charge in [0.25, 0.3) is 0 Å². The third-order valence-corrected chi connectivity index (χ3v) is 1.81. The summed E-state index contributed by atoms with van der Waals surface area (Å²) in [5.41, 5.74) is 6.55. The van der Waals surface area contributed by atoms with Crippen molar-refractivity contribution >= 4 is 5.69 Å². The Balaban J connectivity index is 2.96. The average molecular weight is 189 g/mol. The normalized spacial score (nSPS) is 11.7. The Morgan fingerprint density at radius 2 is 1.92 bits per heavy atom. The first-order valence-corrected chi connectivity index (χ1v) is 3.81. The molecule has 0 fully saturated rings. The summed E-state index contributed by atoms with van der Waals surface area (Å²) in [4.78, 5) is 0. The minimum absolute atomic E-state index is 0.146. The summed E-state index contributed by atoms with van der Waals surface area (Å²) in [5.74, 6) is 0. The first kappa shape index (κ1) is 9.89. The molecule has 0 aliphatic rings. The fraction of sp³-hybridized carbons (Fsp3) is 0.333. The Hall–Kier alpha value is -1.19. The lowest BCUT2D eigenvalue weighted by atomic mass is 10.1. The van der Waals surface area contributed by atoms with Crippen LogP contribution < -0.4 is 5.73 Å². The zero-order chi connectivity index (χ0) is 10.1. The Labute approximate surface area is 74.4 Å². The second-order valence-electron chi connectivity index (χ2n) is 2.94.